The maximum absolute atomic E-state index is 12.7. The van der Waals surface area contributed by atoms with Gasteiger partial charge >= 0.3 is 5.97 Å². The molecule has 1 N–H and O–H groups in total. The molecular weight excluding hydrogens is 364 g/mol. The van der Waals surface area contributed by atoms with Gasteiger partial charge in [-0.15, -0.1) is 0 Å². The lowest BCUT2D eigenvalue weighted by Crippen LogP contribution is -2.44. The Morgan fingerprint density at radius 2 is 1.72 bits per heavy atom. The molecule has 5 nitrogen and oxygen atoms in total. The molecule has 1 atom stereocenters. The van der Waals surface area contributed by atoms with Crippen molar-refractivity contribution in [2.45, 2.75) is 38.1 Å². The Hall–Kier alpha value is -2.66. The number of nitrogens with one attached hydrogen (secondary N) is 1. The van der Waals surface area contributed by atoms with Crippen molar-refractivity contribution in [3.8, 4) is 0 Å². The van der Waals surface area contributed by atoms with Gasteiger partial charge in [0.15, 0.2) is 0 Å². The first-order valence-electron chi connectivity index (χ1n) is 10.4. The summed E-state index contributed by atoms with van der Waals surface area (Å²) < 4.78 is 4.90. The molecule has 0 radical (unpaired) electrons. The molecule has 1 aliphatic rings. The molecule has 1 amide bonds. The van der Waals surface area contributed by atoms with E-state index in [0.29, 0.717) is 5.92 Å². The first kappa shape index (κ1) is 21.1. The molecule has 1 fully saturated rings. The van der Waals surface area contributed by atoms with E-state index in [-0.39, 0.29) is 18.4 Å². The smallest absolute Gasteiger partial charge is 0.327 e. The number of carbonyl (C=O) groups is 2. The van der Waals surface area contributed by atoms with Crippen LogP contribution in [0, 0.1) is 0 Å². The van der Waals surface area contributed by atoms with Crippen LogP contribution >= 0.6 is 0 Å². The third-order valence-electron chi connectivity index (χ3n) is 5.75. The van der Waals surface area contributed by atoms with E-state index in [9.17, 15) is 9.59 Å². The summed E-state index contributed by atoms with van der Waals surface area (Å²) in [5.74, 6) is 0.145. The number of benzene rings is 2. The SMILES string of the molecule is CCc1ccccc1C1CCN(C(=O)CNC(C(=O)OC)c2ccccc2)CC1. The van der Waals surface area contributed by atoms with Crippen molar-refractivity contribution in [1.82, 2.24) is 10.2 Å². The lowest BCUT2D eigenvalue weighted by molar-refractivity contribution is -0.143. The molecule has 154 valence electrons. The molecule has 0 spiro atoms. The Bertz CT molecular complexity index is 814. The number of piperidine rings is 1. The summed E-state index contributed by atoms with van der Waals surface area (Å²) in [6.45, 7) is 3.80. The van der Waals surface area contributed by atoms with Crippen LogP contribution in [0.3, 0.4) is 0 Å². The average Bonchev–Trinajstić information content (AvgIpc) is 2.79. The van der Waals surface area contributed by atoms with Crippen molar-refractivity contribution in [2.75, 3.05) is 26.7 Å². The number of hydrogen-bond donors (Lipinski definition) is 1. The second kappa shape index (κ2) is 10.2. The molecule has 0 saturated carbocycles. The van der Waals surface area contributed by atoms with E-state index in [1.165, 1.54) is 18.2 Å². The van der Waals surface area contributed by atoms with Crippen LogP contribution in [0.1, 0.15) is 48.4 Å². The number of ether oxygens (including phenoxy) is 1. The largest absolute Gasteiger partial charge is 0.468 e. The van der Waals surface area contributed by atoms with E-state index in [0.717, 1.165) is 37.9 Å². The van der Waals surface area contributed by atoms with Crippen LogP contribution < -0.4 is 5.32 Å². The van der Waals surface area contributed by atoms with Gasteiger partial charge in [0.2, 0.25) is 5.91 Å². The number of hydrogen-bond acceptors (Lipinski definition) is 4. The van der Waals surface area contributed by atoms with Crippen molar-refractivity contribution in [2.24, 2.45) is 0 Å². The highest BCUT2D eigenvalue weighted by atomic mass is 16.5. The molecule has 0 aliphatic carbocycles. The highest BCUT2D eigenvalue weighted by Gasteiger charge is 2.27. The maximum Gasteiger partial charge on any atom is 0.327 e. The fourth-order valence-electron chi connectivity index (χ4n) is 4.10. The van der Waals surface area contributed by atoms with E-state index >= 15 is 0 Å². The average molecular weight is 395 g/mol. The zero-order chi connectivity index (χ0) is 20.6. The zero-order valence-electron chi connectivity index (χ0n) is 17.3. The van der Waals surface area contributed by atoms with Crippen molar-refractivity contribution >= 4 is 11.9 Å². The Labute approximate surface area is 173 Å². The predicted molar refractivity (Wildman–Crippen MR) is 114 cm³/mol. The van der Waals surface area contributed by atoms with Gasteiger partial charge in [0.05, 0.1) is 13.7 Å². The molecule has 2 aromatic carbocycles. The van der Waals surface area contributed by atoms with Gasteiger partial charge in [0.25, 0.3) is 0 Å². The van der Waals surface area contributed by atoms with E-state index < -0.39 is 6.04 Å². The number of carbonyl (C=O) groups excluding carboxylic acids is 2. The summed E-state index contributed by atoms with van der Waals surface area (Å²) in [6.07, 6.45) is 2.98. The van der Waals surface area contributed by atoms with Gasteiger partial charge in [0, 0.05) is 13.1 Å². The first-order chi connectivity index (χ1) is 14.1. The van der Waals surface area contributed by atoms with Gasteiger partial charge in [-0.1, -0.05) is 61.5 Å². The van der Waals surface area contributed by atoms with Crippen LogP contribution in [0.15, 0.2) is 54.6 Å². The molecule has 1 heterocycles. The van der Waals surface area contributed by atoms with Crippen LogP contribution in [-0.2, 0) is 20.7 Å². The summed E-state index contributed by atoms with van der Waals surface area (Å²) in [6, 6.07) is 17.3. The standard InChI is InChI=1S/C24H30N2O3/c1-3-18-9-7-8-12-21(18)19-13-15-26(16-14-19)22(27)17-25-23(24(28)29-2)20-10-5-4-6-11-20/h4-12,19,23,25H,3,13-17H2,1-2H3. The molecule has 0 bridgehead atoms. The fraction of sp³-hybridized carbons (Fsp3) is 0.417. The predicted octanol–water partition coefficient (Wildman–Crippen LogP) is 3.46. The first-order valence-corrected chi connectivity index (χ1v) is 10.4. The second-order valence-electron chi connectivity index (χ2n) is 7.46. The second-order valence-corrected chi connectivity index (χ2v) is 7.46. The van der Waals surface area contributed by atoms with Crippen molar-refractivity contribution in [1.29, 1.82) is 0 Å². The Morgan fingerprint density at radius 1 is 1.07 bits per heavy atom. The molecule has 1 aliphatic heterocycles. The lowest BCUT2D eigenvalue weighted by atomic mass is 9.86. The van der Waals surface area contributed by atoms with Crippen molar-refractivity contribution in [3.05, 3.63) is 71.3 Å². The summed E-state index contributed by atoms with van der Waals surface area (Å²) in [7, 11) is 1.36. The molecule has 2 aromatic rings. The Morgan fingerprint density at radius 3 is 2.38 bits per heavy atom. The van der Waals surface area contributed by atoms with Gasteiger partial charge in [-0.2, -0.15) is 0 Å². The number of methoxy groups -OCH3 is 1. The van der Waals surface area contributed by atoms with Crippen LogP contribution in [-0.4, -0.2) is 43.5 Å². The molecular formula is C24H30N2O3. The van der Waals surface area contributed by atoms with Gasteiger partial charge in [-0.05, 0) is 41.9 Å². The number of amides is 1. The monoisotopic (exact) mass is 394 g/mol. The van der Waals surface area contributed by atoms with Crippen LogP contribution in [0.4, 0.5) is 0 Å². The van der Waals surface area contributed by atoms with Gasteiger partial charge in [-0.3, -0.25) is 10.1 Å². The van der Waals surface area contributed by atoms with E-state index in [2.05, 4.69) is 36.5 Å². The minimum Gasteiger partial charge on any atom is -0.468 e. The number of nitrogens with zero attached hydrogens (tertiary/aromatic N) is 1. The molecule has 3 rings (SSSR count). The number of likely N-dealkylation sites (tertiary alicyclic amines) is 1. The summed E-state index contributed by atoms with van der Waals surface area (Å²) in [5, 5.41) is 3.08. The van der Waals surface area contributed by atoms with Crippen LogP contribution in [0.2, 0.25) is 0 Å². The van der Waals surface area contributed by atoms with E-state index in [4.69, 9.17) is 4.74 Å². The molecule has 5 heteroatoms. The van der Waals surface area contributed by atoms with Crippen molar-refractivity contribution < 1.29 is 14.3 Å². The Balaban J connectivity index is 1.56. The molecule has 29 heavy (non-hydrogen) atoms. The van der Waals surface area contributed by atoms with Gasteiger partial charge in [-0.25, -0.2) is 4.79 Å². The highest BCUT2D eigenvalue weighted by Crippen LogP contribution is 2.30. The number of rotatable bonds is 7. The number of aryl methyl sites for hydroxylation is 1. The quantitative estimate of drug-likeness (QED) is 0.731. The maximum atomic E-state index is 12.7. The number of esters is 1. The summed E-state index contributed by atoms with van der Waals surface area (Å²) >= 11 is 0. The zero-order valence-corrected chi connectivity index (χ0v) is 17.3. The molecule has 0 aromatic heterocycles. The van der Waals surface area contributed by atoms with E-state index in [1.54, 1.807) is 0 Å². The highest BCUT2D eigenvalue weighted by molar-refractivity contribution is 5.81. The molecule has 1 saturated heterocycles. The topological polar surface area (TPSA) is 58.6 Å². The third kappa shape index (κ3) is 5.24. The van der Waals surface area contributed by atoms with Crippen LogP contribution in [0.25, 0.3) is 0 Å². The lowest BCUT2D eigenvalue weighted by Gasteiger charge is -2.33. The fourth-order valence-corrected chi connectivity index (χ4v) is 4.10. The van der Waals surface area contributed by atoms with E-state index in [1.807, 2.05) is 35.2 Å². The minimum atomic E-state index is -0.640. The Kier molecular flexibility index (Phi) is 7.42. The van der Waals surface area contributed by atoms with Gasteiger partial charge < -0.3 is 9.64 Å². The molecule has 1 unspecified atom stereocenters. The van der Waals surface area contributed by atoms with Crippen molar-refractivity contribution in [3.63, 3.8) is 0 Å². The third-order valence-corrected chi connectivity index (χ3v) is 5.75. The minimum absolute atomic E-state index is 0.0251. The normalized spacial score (nSPS) is 15.7. The summed E-state index contributed by atoms with van der Waals surface area (Å²) in [5.41, 5.74) is 3.62. The van der Waals surface area contributed by atoms with Crippen LogP contribution in [0.5, 0.6) is 0 Å². The van der Waals surface area contributed by atoms with Gasteiger partial charge in [0.1, 0.15) is 6.04 Å². The summed E-state index contributed by atoms with van der Waals surface area (Å²) in [4.78, 5) is 26.8.